The molecule has 0 N–H and O–H groups in total. The number of hydrogen-bond acceptors (Lipinski definition) is 2. The number of fused-ring (bicyclic) bond motifs is 1. The molecular formula is C11H16N2O. The van der Waals surface area contributed by atoms with E-state index in [4.69, 9.17) is 5.26 Å². The van der Waals surface area contributed by atoms with Gasteiger partial charge in [0, 0.05) is 12.6 Å². The second-order valence-corrected chi connectivity index (χ2v) is 4.43. The predicted molar refractivity (Wildman–Crippen MR) is 52.2 cm³/mol. The van der Waals surface area contributed by atoms with Crippen molar-refractivity contribution in [3.8, 4) is 6.07 Å². The van der Waals surface area contributed by atoms with Gasteiger partial charge in [-0.3, -0.25) is 4.79 Å². The highest BCUT2D eigenvalue weighted by molar-refractivity contribution is 5.81. The lowest BCUT2D eigenvalue weighted by molar-refractivity contribution is -0.134. The fraction of sp³-hybridized carbons (Fsp3) is 0.818. The van der Waals surface area contributed by atoms with Gasteiger partial charge >= 0.3 is 0 Å². The molecular weight excluding hydrogens is 176 g/mol. The zero-order valence-corrected chi connectivity index (χ0v) is 8.57. The molecule has 0 aromatic rings. The summed E-state index contributed by atoms with van der Waals surface area (Å²) >= 11 is 0. The van der Waals surface area contributed by atoms with E-state index in [1.165, 1.54) is 12.8 Å². The second kappa shape index (κ2) is 3.61. The number of carbonyl (C=O) groups is 1. The van der Waals surface area contributed by atoms with E-state index in [2.05, 4.69) is 0 Å². The number of hydrogen-bond donors (Lipinski definition) is 0. The van der Waals surface area contributed by atoms with Crippen molar-refractivity contribution in [2.24, 2.45) is 11.8 Å². The van der Waals surface area contributed by atoms with Crippen molar-refractivity contribution in [3.05, 3.63) is 0 Å². The molecule has 3 nitrogen and oxygen atoms in total. The number of likely N-dealkylation sites (tertiary alicyclic amines) is 1. The van der Waals surface area contributed by atoms with E-state index in [1.807, 2.05) is 11.0 Å². The first-order chi connectivity index (χ1) is 6.74. The van der Waals surface area contributed by atoms with Gasteiger partial charge in [-0.1, -0.05) is 6.42 Å². The molecule has 1 amide bonds. The van der Waals surface area contributed by atoms with Crippen LogP contribution in [0.15, 0.2) is 0 Å². The van der Waals surface area contributed by atoms with Crippen molar-refractivity contribution in [3.63, 3.8) is 0 Å². The van der Waals surface area contributed by atoms with Gasteiger partial charge in [0.15, 0.2) is 0 Å². The number of carbonyl (C=O) groups excluding carboxylic acids is 1. The minimum absolute atomic E-state index is 0.0434. The highest BCUT2D eigenvalue weighted by atomic mass is 16.2. The third-order valence-electron chi connectivity index (χ3n) is 3.61. The van der Waals surface area contributed by atoms with Crippen LogP contribution >= 0.6 is 0 Å². The normalized spacial score (nSPS) is 32.4. The van der Waals surface area contributed by atoms with E-state index in [9.17, 15) is 4.79 Å². The Kier molecular flexibility index (Phi) is 2.45. The van der Waals surface area contributed by atoms with Gasteiger partial charge in [0.2, 0.25) is 5.91 Å². The molecule has 3 unspecified atom stereocenters. The Morgan fingerprint density at radius 1 is 1.50 bits per heavy atom. The maximum Gasteiger partial charge on any atom is 0.239 e. The summed E-state index contributed by atoms with van der Waals surface area (Å²) in [5.41, 5.74) is 0. The van der Waals surface area contributed by atoms with Crippen LogP contribution in [0.1, 0.15) is 32.6 Å². The molecule has 2 fully saturated rings. The van der Waals surface area contributed by atoms with Crippen LogP contribution in [-0.2, 0) is 4.79 Å². The van der Waals surface area contributed by atoms with Crippen LogP contribution < -0.4 is 0 Å². The van der Waals surface area contributed by atoms with Crippen molar-refractivity contribution >= 4 is 5.91 Å². The number of nitrogens with zero attached hydrogens (tertiary/aromatic N) is 2. The van der Waals surface area contributed by atoms with E-state index in [-0.39, 0.29) is 5.91 Å². The fourth-order valence-electron chi connectivity index (χ4n) is 2.81. The molecule has 76 valence electrons. The Hall–Kier alpha value is -1.04. The third-order valence-corrected chi connectivity index (χ3v) is 3.61. The molecule has 0 aromatic carbocycles. The fourth-order valence-corrected chi connectivity index (χ4v) is 2.81. The van der Waals surface area contributed by atoms with E-state index >= 15 is 0 Å². The summed E-state index contributed by atoms with van der Waals surface area (Å²) < 4.78 is 0. The van der Waals surface area contributed by atoms with Crippen molar-refractivity contribution in [2.45, 2.75) is 38.6 Å². The van der Waals surface area contributed by atoms with Gasteiger partial charge in [-0.15, -0.1) is 0 Å². The zero-order chi connectivity index (χ0) is 10.1. The van der Waals surface area contributed by atoms with Crippen LogP contribution in [0.5, 0.6) is 0 Å². The molecule has 3 atom stereocenters. The van der Waals surface area contributed by atoms with Crippen molar-refractivity contribution in [2.75, 3.05) is 6.54 Å². The van der Waals surface area contributed by atoms with Crippen LogP contribution in [0.4, 0.5) is 0 Å². The molecule has 0 radical (unpaired) electrons. The minimum atomic E-state index is -0.464. The highest BCUT2D eigenvalue weighted by Gasteiger charge is 2.40. The molecule has 14 heavy (non-hydrogen) atoms. The Morgan fingerprint density at radius 3 is 3.00 bits per heavy atom. The van der Waals surface area contributed by atoms with Gasteiger partial charge in [-0.2, -0.15) is 5.26 Å². The molecule has 0 spiro atoms. The van der Waals surface area contributed by atoms with Gasteiger partial charge in [-0.25, -0.2) is 0 Å². The van der Waals surface area contributed by atoms with Crippen molar-refractivity contribution < 1.29 is 4.79 Å². The Balaban J connectivity index is 2.05. The summed E-state index contributed by atoms with van der Waals surface area (Å²) in [5.74, 6) is 0.307. The zero-order valence-electron chi connectivity index (χ0n) is 8.57. The Labute approximate surface area is 84.7 Å². The number of rotatable bonds is 1. The first-order valence-corrected chi connectivity index (χ1v) is 5.44. The Bertz CT molecular complexity index is 282. The van der Waals surface area contributed by atoms with E-state index < -0.39 is 5.92 Å². The predicted octanol–water partition coefficient (Wildman–Crippen LogP) is 1.55. The van der Waals surface area contributed by atoms with Gasteiger partial charge < -0.3 is 4.90 Å². The smallest absolute Gasteiger partial charge is 0.239 e. The lowest BCUT2D eigenvalue weighted by Crippen LogP contribution is -2.38. The molecule has 2 aliphatic rings. The summed E-state index contributed by atoms with van der Waals surface area (Å²) in [6.07, 6.45) is 4.82. The first kappa shape index (κ1) is 9.51. The number of amides is 1. The highest BCUT2D eigenvalue weighted by Crippen LogP contribution is 2.38. The first-order valence-electron chi connectivity index (χ1n) is 5.44. The molecule has 1 heterocycles. The number of nitriles is 1. The third kappa shape index (κ3) is 1.39. The van der Waals surface area contributed by atoms with Crippen LogP contribution in [0.25, 0.3) is 0 Å². The Morgan fingerprint density at radius 2 is 2.29 bits per heavy atom. The van der Waals surface area contributed by atoms with Gasteiger partial charge in [-0.05, 0) is 32.1 Å². The largest absolute Gasteiger partial charge is 0.338 e. The molecule has 1 aliphatic heterocycles. The lowest BCUT2D eigenvalue weighted by Gasteiger charge is -2.24. The summed E-state index contributed by atoms with van der Waals surface area (Å²) in [7, 11) is 0. The van der Waals surface area contributed by atoms with Crippen LogP contribution in [-0.4, -0.2) is 23.4 Å². The van der Waals surface area contributed by atoms with Gasteiger partial charge in [0.05, 0.1) is 6.07 Å². The van der Waals surface area contributed by atoms with E-state index in [0.717, 1.165) is 25.3 Å². The van der Waals surface area contributed by atoms with Crippen LogP contribution in [0.2, 0.25) is 0 Å². The van der Waals surface area contributed by atoms with Crippen molar-refractivity contribution in [1.29, 1.82) is 5.26 Å². The van der Waals surface area contributed by atoms with Gasteiger partial charge in [0.25, 0.3) is 0 Å². The molecule has 1 saturated carbocycles. The average molecular weight is 192 g/mol. The molecule has 0 bridgehead atoms. The molecule has 2 rings (SSSR count). The van der Waals surface area contributed by atoms with Crippen molar-refractivity contribution in [1.82, 2.24) is 4.90 Å². The average Bonchev–Trinajstić information content (AvgIpc) is 2.76. The summed E-state index contributed by atoms with van der Waals surface area (Å²) in [5, 5.41) is 8.71. The summed E-state index contributed by atoms with van der Waals surface area (Å²) in [6, 6.07) is 2.49. The summed E-state index contributed by atoms with van der Waals surface area (Å²) in [6.45, 7) is 2.57. The van der Waals surface area contributed by atoms with Crippen LogP contribution in [0.3, 0.4) is 0 Å². The molecule has 1 aliphatic carbocycles. The standard InChI is InChI=1S/C11H16N2O/c1-8(7-12)11(14)13-6-5-9-3-2-4-10(9)13/h8-10H,2-6H2,1H3. The quantitative estimate of drug-likeness (QED) is 0.632. The molecule has 0 aromatic heterocycles. The monoisotopic (exact) mass is 192 g/mol. The minimum Gasteiger partial charge on any atom is -0.338 e. The molecule has 3 heteroatoms. The lowest BCUT2D eigenvalue weighted by atomic mass is 10.0. The summed E-state index contributed by atoms with van der Waals surface area (Å²) in [4.78, 5) is 13.8. The SMILES string of the molecule is CC(C#N)C(=O)N1CCC2CCCC21. The van der Waals surface area contributed by atoms with Crippen LogP contribution in [0, 0.1) is 23.2 Å². The second-order valence-electron chi connectivity index (χ2n) is 4.43. The topological polar surface area (TPSA) is 44.1 Å². The van der Waals surface area contributed by atoms with Gasteiger partial charge in [0.1, 0.15) is 5.92 Å². The molecule has 1 saturated heterocycles. The van der Waals surface area contributed by atoms with E-state index in [1.54, 1.807) is 6.92 Å². The van der Waals surface area contributed by atoms with E-state index in [0.29, 0.717) is 6.04 Å². The maximum atomic E-state index is 11.8. The maximum absolute atomic E-state index is 11.8.